The molecule has 4 rings (SSSR count). The first kappa shape index (κ1) is 9.07. The molecule has 2 nitrogen and oxygen atoms in total. The lowest BCUT2D eigenvalue weighted by Crippen LogP contribution is -1.81. The van der Waals surface area contributed by atoms with Crippen LogP contribution < -0.4 is 0 Å². The van der Waals surface area contributed by atoms with Crippen LogP contribution >= 0.6 is 11.3 Å². The second-order valence-corrected chi connectivity index (χ2v) is 5.02. The van der Waals surface area contributed by atoms with Crippen molar-refractivity contribution < 1.29 is 0 Å². The van der Waals surface area contributed by atoms with Crippen molar-refractivity contribution in [2.45, 2.75) is 0 Å². The maximum atomic E-state index is 4.62. The molecule has 3 heteroatoms. The zero-order chi connectivity index (χ0) is 11.2. The Hall–Kier alpha value is -2.00. The highest BCUT2D eigenvalue weighted by Gasteiger charge is 2.07. The second kappa shape index (κ2) is 3.25. The Balaban J connectivity index is 2.28. The van der Waals surface area contributed by atoms with Crippen molar-refractivity contribution in [3.05, 3.63) is 48.7 Å². The minimum atomic E-state index is 0.826. The number of hydrogen-bond acceptors (Lipinski definition) is 3. The summed E-state index contributed by atoms with van der Waals surface area (Å²) in [4.78, 5) is 9.99. The van der Waals surface area contributed by atoms with Crippen molar-refractivity contribution >= 4 is 42.7 Å². The van der Waals surface area contributed by atoms with Gasteiger partial charge in [-0.25, -0.2) is 9.97 Å². The van der Waals surface area contributed by atoms with Crippen molar-refractivity contribution in [3.63, 3.8) is 0 Å². The molecular weight excluding hydrogens is 228 g/mol. The van der Waals surface area contributed by atoms with E-state index in [0.29, 0.717) is 0 Å². The molecule has 0 amide bonds. The molecule has 0 unspecified atom stereocenters. The summed E-state index contributed by atoms with van der Waals surface area (Å²) < 4.78 is 1.28. The quantitative estimate of drug-likeness (QED) is 0.461. The van der Waals surface area contributed by atoms with E-state index in [-0.39, 0.29) is 0 Å². The largest absolute Gasteiger partial charge is 0.237 e. The summed E-state index contributed by atoms with van der Waals surface area (Å²) in [5.41, 5.74) is 0.826. The van der Waals surface area contributed by atoms with Gasteiger partial charge in [-0.3, -0.25) is 0 Å². The van der Waals surface area contributed by atoms with Gasteiger partial charge < -0.3 is 0 Å². The molecule has 0 radical (unpaired) electrons. The van der Waals surface area contributed by atoms with Gasteiger partial charge in [0, 0.05) is 27.1 Å². The van der Waals surface area contributed by atoms with E-state index in [1.165, 1.54) is 15.5 Å². The molecule has 0 aliphatic heterocycles. The lowest BCUT2D eigenvalue weighted by molar-refractivity contribution is 1.34. The topological polar surface area (TPSA) is 25.8 Å². The molecule has 0 aliphatic rings. The lowest BCUT2D eigenvalue weighted by atomic mass is 10.1. The number of rotatable bonds is 0. The number of aromatic nitrogens is 2. The van der Waals surface area contributed by atoms with E-state index in [2.05, 4.69) is 46.4 Å². The maximum Gasteiger partial charge on any atom is 0.160 e. The molecular formula is C14H8N2S. The van der Waals surface area contributed by atoms with Gasteiger partial charge in [0.15, 0.2) is 5.65 Å². The standard InChI is InChI=1S/C14H8N2S/c1-2-6-12-10(5-1)11-8-9-4-3-7-15-13(9)16-14(11)17-12/h1-8H. The van der Waals surface area contributed by atoms with Gasteiger partial charge in [-0.1, -0.05) is 18.2 Å². The van der Waals surface area contributed by atoms with Gasteiger partial charge in [-0.15, -0.1) is 11.3 Å². The van der Waals surface area contributed by atoms with Crippen molar-refractivity contribution in [1.29, 1.82) is 0 Å². The Morgan fingerprint density at radius 3 is 2.88 bits per heavy atom. The zero-order valence-electron chi connectivity index (χ0n) is 8.92. The van der Waals surface area contributed by atoms with Crippen LogP contribution in [0.3, 0.4) is 0 Å². The van der Waals surface area contributed by atoms with Gasteiger partial charge in [0.05, 0.1) is 0 Å². The van der Waals surface area contributed by atoms with Crippen LogP contribution in [0.2, 0.25) is 0 Å². The summed E-state index contributed by atoms with van der Waals surface area (Å²) in [5.74, 6) is 0. The normalized spacial score (nSPS) is 11.5. The molecule has 3 aromatic heterocycles. The Morgan fingerprint density at radius 2 is 1.88 bits per heavy atom. The Labute approximate surface area is 102 Å². The van der Waals surface area contributed by atoms with E-state index in [4.69, 9.17) is 0 Å². The molecule has 0 N–H and O–H groups in total. The number of nitrogens with zero attached hydrogens (tertiary/aromatic N) is 2. The summed E-state index contributed by atoms with van der Waals surface area (Å²) in [6, 6.07) is 14.6. The van der Waals surface area contributed by atoms with Crippen LogP contribution in [0.4, 0.5) is 0 Å². The summed E-state index contributed by atoms with van der Waals surface area (Å²) in [7, 11) is 0. The molecule has 0 saturated carbocycles. The SMILES string of the molecule is c1cnc2nc3sc4ccccc4c3cc2c1. The van der Waals surface area contributed by atoms with Crippen LogP contribution in [0.5, 0.6) is 0 Å². The van der Waals surface area contributed by atoms with Gasteiger partial charge in [0.2, 0.25) is 0 Å². The highest BCUT2D eigenvalue weighted by atomic mass is 32.1. The zero-order valence-corrected chi connectivity index (χ0v) is 9.74. The van der Waals surface area contributed by atoms with Gasteiger partial charge in [-0.2, -0.15) is 0 Å². The predicted molar refractivity (Wildman–Crippen MR) is 72.4 cm³/mol. The predicted octanol–water partition coefficient (Wildman–Crippen LogP) is 4.00. The molecule has 4 aromatic rings. The Bertz CT molecular complexity index is 842. The van der Waals surface area contributed by atoms with Crippen LogP contribution in [-0.2, 0) is 0 Å². The number of fused-ring (bicyclic) bond motifs is 4. The molecule has 0 saturated heterocycles. The summed E-state index contributed by atoms with van der Waals surface area (Å²) in [6.45, 7) is 0. The number of hydrogen-bond donors (Lipinski definition) is 0. The maximum absolute atomic E-state index is 4.62. The van der Waals surface area contributed by atoms with Crippen molar-refractivity contribution in [1.82, 2.24) is 9.97 Å². The van der Waals surface area contributed by atoms with Gasteiger partial charge in [0.1, 0.15) is 4.83 Å². The van der Waals surface area contributed by atoms with E-state index >= 15 is 0 Å². The molecule has 0 spiro atoms. The summed E-state index contributed by atoms with van der Waals surface area (Å²) >= 11 is 1.73. The van der Waals surface area contributed by atoms with E-state index < -0.39 is 0 Å². The van der Waals surface area contributed by atoms with Crippen LogP contribution in [0.25, 0.3) is 31.3 Å². The minimum absolute atomic E-state index is 0.826. The monoisotopic (exact) mass is 236 g/mol. The number of benzene rings is 1. The van der Waals surface area contributed by atoms with Crippen molar-refractivity contribution in [2.24, 2.45) is 0 Å². The molecule has 0 fully saturated rings. The van der Waals surface area contributed by atoms with E-state index in [0.717, 1.165) is 15.9 Å². The fraction of sp³-hybridized carbons (Fsp3) is 0. The molecule has 1 aromatic carbocycles. The minimum Gasteiger partial charge on any atom is -0.237 e. The molecule has 0 bridgehead atoms. The van der Waals surface area contributed by atoms with Crippen LogP contribution in [-0.4, -0.2) is 9.97 Å². The van der Waals surface area contributed by atoms with E-state index in [9.17, 15) is 0 Å². The molecule has 3 heterocycles. The highest BCUT2D eigenvalue weighted by Crippen LogP contribution is 2.33. The van der Waals surface area contributed by atoms with Crippen LogP contribution in [0.15, 0.2) is 48.7 Å². The van der Waals surface area contributed by atoms with Gasteiger partial charge in [-0.05, 0) is 24.3 Å². The van der Waals surface area contributed by atoms with Gasteiger partial charge >= 0.3 is 0 Å². The Morgan fingerprint density at radius 1 is 0.941 bits per heavy atom. The average Bonchev–Trinajstić information content (AvgIpc) is 2.73. The molecule has 0 aliphatic carbocycles. The van der Waals surface area contributed by atoms with E-state index in [1.807, 2.05) is 6.07 Å². The third-order valence-electron chi connectivity index (χ3n) is 2.94. The van der Waals surface area contributed by atoms with Gasteiger partial charge in [0.25, 0.3) is 0 Å². The lowest BCUT2D eigenvalue weighted by Gasteiger charge is -1.95. The smallest absolute Gasteiger partial charge is 0.160 e. The fourth-order valence-corrected chi connectivity index (χ4v) is 3.20. The van der Waals surface area contributed by atoms with Crippen molar-refractivity contribution in [3.8, 4) is 0 Å². The van der Waals surface area contributed by atoms with Crippen LogP contribution in [0.1, 0.15) is 0 Å². The first-order valence-electron chi connectivity index (χ1n) is 5.45. The fourth-order valence-electron chi connectivity index (χ4n) is 2.14. The molecule has 80 valence electrons. The van der Waals surface area contributed by atoms with Crippen molar-refractivity contribution in [2.75, 3.05) is 0 Å². The highest BCUT2D eigenvalue weighted by molar-refractivity contribution is 7.25. The third kappa shape index (κ3) is 1.26. The first-order chi connectivity index (χ1) is 8.42. The second-order valence-electron chi connectivity index (χ2n) is 3.99. The molecule has 17 heavy (non-hydrogen) atoms. The van der Waals surface area contributed by atoms with Crippen LogP contribution in [0, 0.1) is 0 Å². The summed E-state index contributed by atoms with van der Waals surface area (Å²) in [6.07, 6.45) is 1.79. The summed E-state index contributed by atoms with van der Waals surface area (Å²) in [5, 5.41) is 3.61. The number of pyridine rings is 2. The molecule has 0 atom stereocenters. The first-order valence-corrected chi connectivity index (χ1v) is 6.26. The van der Waals surface area contributed by atoms with E-state index in [1.54, 1.807) is 17.5 Å². The number of thiophene rings is 1. The third-order valence-corrected chi connectivity index (χ3v) is 4.02. The Kier molecular flexibility index (Phi) is 1.73. The average molecular weight is 236 g/mol.